The van der Waals surface area contributed by atoms with Gasteiger partial charge in [-0.2, -0.15) is 0 Å². The summed E-state index contributed by atoms with van der Waals surface area (Å²) in [5, 5.41) is 10.8. The van der Waals surface area contributed by atoms with Crippen LogP contribution in [-0.4, -0.2) is 35.7 Å². The van der Waals surface area contributed by atoms with Gasteiger partial charge >= 0.3 is 152 Å². The Kier molecular flexibility index (Phi) is 6.49. The van der Waals surface area contributed by atoms with Gasteiger partial charge in [-0.25, -0.2) is 0 Å². The summed E-state index contributed by atoms with van der Waals surface area (Å²) < 4.78 is 28.2. The first-order valence-electron chi connectivity index (χ1n) is 6.62. The van der Waals surface area contributed by atoms with Crippen molar-refractivity contribution < 1.29 is 17.7 Å². The second-order valence-electron chi connectivity index (χ2n) is 4.90. The second kappa shape index (κ2) is 7.98. The SMILES string of the molecule is O=[As](O)(CC(O)COc1ccc(Cl)cc1Cl)c1cccc(Cl)c1. The van der Waals surface area contributed by atoms with Gasteiger partial charge in [-0.05, 0) is 0 Å². The van der Waals surface area contributed by atoms with Crippen LogP contribution in [0.15, 0.2) is 42.5 Å². The monoisotopic (exact) mass is 438 g/mol. The molecule has 0 heterocycles. The van der Waals surface area contributed by atoms with E-state index >= 15 is 0 Å². The van der Waals surface area contributed by atoms with Gasteiger partial charge in [0, 0.05) is 0 Å². The van der Waals surface area contributed by atoms with Crippen LogP contribution in [0.2, 0.25) is 20.3 Å². The molecule has 0 aliphatic rings. The predicted octanol–water partition coefficient (Wildman–Crippen LogP) is 3.16. The molecule has 0 saturated carbocycles. The molecule has 0 radical (unpaired) electrons. The Bertz CT molecular complexity index is 738. The van der Waals surface area contributed by atoms with Gasteiger partial charge in [-0.3, -0.25) is 0 Å². The van der Waals surface area contributed by atoms with Crippen LogP contribution >= 0.6 is 34.8 Å². The van der Waals surface area contributed by atoms with E-state index in [-0.39, 0.29) is 16.2 Å². The topological polar surface area (TPSA) is 66.8 Å². The molecule has 23 heavy (non-hydrogen) atoms. The van der Waals surface area contributed by atoms with E-state index in [1.54, 1.807) is 24.3 Å². The van der Waals surface area contributed by atoms with Crippen molar-refractivity contribution >= 4 is 53.0 Å². The molecule has 2 rings (SSSR count). The van der Waals surface area contributed by atoms with Crippen molar-refractivity contribution in [3.63, 3.8) is 0 Å². The van der Waals surface area contributed by atoms with Crippen molar-refractivity contribution in [1.29, 1.82) is 0 Å². The number of benzene rings is 2. The fourth-order valence-corrected chi connectivity index (χ4v) is 5.98. The van der Waals surface area contributed by atoms with Crippen LogP contribution in [0.4, 0.5) is 0 Å². The third-order valence-electron chi connectivity index (χ3n) is 3.00. The Morgan fingerprint density at radius 3 is 2.43 bits per heavy atom. The molecule has 0 fully saturated rings. The minimum absolute atomic E-state index is 0.159. The van der Waals surface area contributed by atoms with E-state index in [0.29, 0.717) is 20.8 Å². The number of hydrogen-bond acceptors (Lipinski definition) is 3. The molecular formula is C15H14AsCl3O4. The average Bonchev–Trinajstić information content (AvgIpc) is 2.46. The van der Waals surface area contributed by atoms with Gasteiger partial charge in [0.2, 0.25) is 0 Å². The summed E-state index contributed by atoms with van der Waals surface area (Å²) in [7, 11) is 0. The number of aliphatic hydroxyl groups excluding tert-OH is 1. The van der Waals surface area contributed by atoms with E-state index in [1.807, 2.05) is 0 Å². The number of aliphatic hydroxyl groups is 1. The molecule has 0 bridgehead atoms. The van der Waals surface area contributed by atoms with Crippen LogP contribution in [0.3, 0.4) is 0 Å². The molecule has 0 aliphatic carbocycles. The molecular weight excluding hydrogens is 425 g/mol. The first-order valence-corrected chi connectivity index (χ1v) is 11.6. The molecule has 0 saturated heterocycles. The van der Waals surface area contributed by atoms with Gasteiger partial charge in [0.15, 0.2) is 0 Å². The third kappa shape index (κ3) is 5.46. The normalized spacial score (nSPS) is 15.0. The molecule has 2 N–H and O–H groups in total. The molecule has 2 atom stereocenters. The Hall–Kier alpha value is -0.612. The summed E-state index contributed by atoms with van der Waals surface area (Å²) in [6.07, 6.45) is -1.12. The molecule has 4 nitrogen and oxygen atoms in total. The van der Waals surface area contributed by atoms with E-state index in [9.17, 15) is 12.9 Å². The third-order valence-corrected chi connectivity index (χ3v) is 7.96. The Morgan fingerprint density at radius 1 is 1.09 bits per heavy atom. The van der Waals surface area contributed by atoms with E-state index in [2.05, 4.69) is 0 Å². The Morgan fingerprint density at radius 2 is 1.78 bits per heavy atom. The van der Waals surface area contributed by atoms with Crippen molar-refractivity contribution in [3.8, 4) is 5.75 Å². The van der Waals surface area contributed by atoms with Crippen LogP contribution in [0.1, 0.15) is 0 Å². The van der Waals surface area contributed by atoms with Gasteiger partial charge in [0.05, 0.1) is 0 Å². The van der Waals surface area contributed by atoms with Crippen molar-refractivity contribution in [3.05, 3.63) is 57.5 Å². The Labute approximate surface area is 151 Å². The molecule has 124 valence electrons. The maximum absolute atomic E-state index is 12.4. The van der Waals surface area contributed by atoms with Crippen molar-refractivity contribution in [2.75, 3.05) is 6.61 Å². The molecule has 2 aromatic carbocycles. The fraction of sp³-hybridized carbons (Fsp3) is 0.200. The molecule has 0 amide bonds. The molecule has 2 unspecified atom stereocenters. The van der Waals surface area contributed by atoms with Gasteiger partial charge in [-0.1, -0.05) is 0 Å². The zero-order valence-electron chi connectivity index (χ0n) is 11.8. The summed E-state index contributed by atoms with van der Waals surface area (Å²) in [5.41, 5.74) is 0. The second-order valence-corrected chi connectivity index (χ2v) is 11.0. The van der Waals surface area contributed by atoms with E-state index in [0.717, 1.165) is 0 Å². The molecule has 0 aromatic heterocycles. The van der Waals surface area contributed by atoms with Crippen molar-refractivity contribution in [1.82, 2.24) is 0 Å². The summed E-state index contributed by atoms with van der Waals surface area (Å²) in [5.74, 6) is 0.345. The first kappa shape index (κ1) is 18.7. The predicted molar refractivity (Wildman–Crippen MR) is 92.5 cm³/mol. The number of rotatable bonds is 6. The number of hydrogen-bond donors (Lipinski definition) is 2. The maximum atomic E-state index is 12.4. The molecule has 8 heteroatoms. The summed E-state index contributed by atoms with van der Waals surface area (Å²) >= 11 is 13.1. The number of halogens is 3. The average molecular weight is 440 g/mol. The van der Waals surface area contributed by atoms with Crippen LogP contribution in [0, 0.1) is 0 Å². The minimum atomic E-state index is -4.43. The number of ether oxygens (including phenoxy) is 1. The van der Waals surface area contributed by atoms with Gasteiger partial charge < -0.3 is 0 Å². The van der Waals surface area contributed by atoms with Crippen LogP contribution in [0.5, 0.6) is 5.75 Å². The first-order chi connectivity index (χ1) is 10.8. The quantitative estimate of drug-likeness (QED) is 0.679. The van der Waals surface area contributed by atoms with Crippen LogP contribution in [-0.2, 0) is 3.74 Å². The van der Waals surface area contributed by atoms with Crippen LogP contribution < -0.4 is 9.09 Å². The van der Waals surface area contributed by atoms with Gasteiger partial charge in [-0.15, -0.1) is 0 Å². The zero-order valence-corrected chi connectivity index (χ0v) is 16.0. The fourth-order valence-electron chi connectivity index (χ4n) is 1.92. The molecule has 0 spiro atoms. The molecule has 2 aromatic rings. The van der Waals surface area contributed by atoms with Crippen LogP contribution in [0.25, 0.3) is 0 Å². The van der Waals surface area contributed by atoms with E-state index in [1.165, 1.54) is 18.2 Å². The summed E-state index contributed by atoms with van der Waals surface area (Å²) in [6.45, 7) is -0.159. The standard InChI is InChI=1S/C15H14AsCl3O4/c17-11-3-1-2-10(6-11)16(21,22)8-13(20)9-23-15-5-4-12(18)7-14(15)19/h1-7,13,20H,8-9H2,(H,21,22). The Balaban J connectivity index is 1.98. The summed E-state index contributed by atoms with van der Waals surface area (Å²) in [6, 6.07) is 10.8. The van der Waals surface area contributed by atoms with Gasteiger partial charge in [0.25, 0.3) is 0 Å². The van der Waals surface area contributed by atoms with E-state index in [4.69, 9.17) is 39.5 Å². The zero-order chi connectivity index (χ0) is 17.0. The molecule has 0 aliphatic heterocycles. The van der Waals surface area contributed by atoms with Crippen molar-refractivity contribution in [2.24, 2.45) is 0 Å². The van der Waals surface area contributed by atoms with E-state index < -0.39 is 19.9 Å². The van der Waals surface area contributed by atoms with Crippen molar-refractivity contribution in [2.45, 2.75) is 11.3 Å². The summed E-state index contributed by atoms with van der Waals surface area (Å²) in [4.78, 5) is 0. The van der Waals surface area contributed by atoms with Gasteiger partial charge in [0.1, 0.15) is 0 Å².